The van der Waals surface area contributed by atoms with Gasteiger partial charge in [0.05, 0.1) is 37.4 Å². The second-order valence-corrected chi connectivity index (χ2v) is 15.7. The summed E-state index contributed by atoms with van der Waals surface area (Å²) in [5, 5.41) is 17.8. The molecular weight excluding hydrogens is 719 g/mol. The first kappa shape index (κ1) is 42.4. The maximum atomic E-state index is 14.6. The normalized spacial score (nSPS) is 21.6. The van der Waals surface area contributed by atoms with Crippen LogP contribution in [0.1, 0.15) is 78.1 Å². The Morgan fingerprint density at radius 1 is 1.02 bits per heavy atom. The largest absolute Gasteiger partial charge is 0.464 e. The first-order chi connectivity index (χ1) is 25.6. The van der Waals surface area contributed by atoms with E-state index in [0.717, 1.165) is 18.4 Å². The van der Waals surface area contributed by atoms with Crippen LogP contribution in [-0.4, -0.2) is 70.1 Å². The molecule has 1 aromatic carbocycles. The van der Waals surface area contributed by atoms with Crippen LogP contribution in [-0.2, 0) is 59.2 Å². The number of rotatable bonds is 18. The van der Waals surface area contributed by atoms with Crippen molar-refractivity contribution in [1.82, 2.24) is 19.7 Å². The smallest absolute Gasteiger partial charge is 0.406 e. The van der Waals surface area contributed by atoms with E-state index in [0.29, 0.717) is 11.1 Å². The summed E-state index contributed by atoms with van der Waals surface area (Å²) in [6.07, 6.45) is -1.60. The molecule has 6 atom stereocenters. The Balaban J connectivity index is 1.74. The third-order valence-corrected chi connectivity index (χ3v) is 10.9. The number of benzene rings is 1. The van der Waals surface area contributed by atoms with E-state index in [1.807, 2.05) is 32.9 Å². The molecule has 0 spiro atoms. The molecule has 4 rings (SSSR count). The summed E-state index contributed by atoms with van der Waals surface area (Å²) < 4.78 is 51.6. The van der Waals surface area contributed by atoms with E-state index in [9.17, 15) is 24.2 Å². The van der Waals surface area contributed by atoms with Crippen LogP contribution >= 0.6 is 7.75 Å². The number of hydrogen-bond acceptors (Lipinski definition) is 14. The van der Waals surface area contributed by atoms with Crippen LogP contribution in [0.4, 0.5) is 5.82 Å². The number of fused-ring (bicyclic) bond motifs is 1. The molecule has 1 fully saturated rings. The first-order valence-corrected chi connectivity index (χ1v) is 19.6. The number of nitrogens with zero attached hydrogens (tertiary/aromatic N) is 4. The molecule has 294 valence electrons. The van der Waals surface area contributed by atoms with Gasteiger partial charge in [0.15, 0.2) is 18.0 Å². The van der Waals surface area contributed by atoms with Crippen LogP contribution in [0.5, 0.6) is 0 Å². The van der Waals surface area contributed by atoms with Gasteiger partial charge in [0.25, 0.3) is 0 Å². The Morgan fingerprint density at radius 2 is 1.69 bits per heavy atom. The number of hydrogen-bond donors (Lipinski definition) is 2. The number of aryl methyl sites for hydroxylation is 1. The lowest BCUT2D eigenvalue weighted by Crippen LogP contribution is -2.47. The topological polar surface area (TPSA) is 216 Å². The van der Waals surface area contributed by atoms with Gasteiger partial charge in [-0.25, -0.2) is 19.2 Å². The molecule has 2 aromatic heterocycles. The fourth-order valence-electron chi connectivity index (χ4n) is 5.68. The van der Waals surface area contributed by atoms with Crippen LogP contribution in [0.15, 0.2) is 42.7 Å². The number of nitrogens with two attached hydrogens (primary N) is 1. The molecule has 54 heavy (non-hydrogen) atoms. The molecule has 16 nitrogen and oxygen atoms in total. The van der Waals surface area contributed by atoms with Gasteiger partial charge in [-0.05, 0) is 43.0 Å². The maximum absolute atomic E-state index is 14.6. The molecule has 0 amide bonds. The van der Waals surface area contributed by atoms with Gasteiger partial charge in [-0.2, -0.15) is 10.4 Å². The van der Waals surface area contributed by atoms with Crippen LogP contribution in [0.3, 0.4) is 0 Å². The Hall–Kier alpha value is -4.39. The molecule has 1 unspecified atom stereocenters. The molecule has 3 N–H and O–H groups in total. The summed E-state index contributed by atoms with van der Waals surface area (Å²) in [4.78, 5) is 43.5. The van der Waals surface area contributed by atoms with Crippen molar-refractivity contribution in [2.75, 3.05) is 18.9 Å². The molecule has 0 saturated carbocycles. The van der Waals surface area contributed by atoms with Crippen LogP contribution in [0, 0.1) is 36.0 Å². The van der Waals surface area contributed by atoms with Gasteiger partial charge in [-0.1, -0.05) is 78.6 Å². The fraction of sp³-hybridized carbons (Fsp3) is 0.568. The van der Waals surface area contributed by atoms with Crippen molar-refractivity contribution in [3.05, 3.63) is 59.5 Å². The van der Waals surface area contributed by atoms with Gasteiger partial charge in [-0.3, -0.25) is 23.4 Å². The summed E-state index contributed by atoms with van der Waals surface area (Å²) in [5.41, 5.74) is 5.93. The lowest BCUT2D eigenvalue weighted by molar-refractivity contribution is -0.173. The van der Waals surface area contributed by atoms with Crippen molar-refractivity contribution in [1.29, 1.82) is 5.26 Å². The molecular formula is C37H51N6O10P. The third kappa shape index (κ3) is 9.64. The molecule has 0 bridgehead atoms. The summed E-state index contributed by atoms with van der Waals surface area (Å²) in [7, 11) is -4.43. The SMILES string of the molecule is CCC(CC)COC(=O)[C@H](C)NP(=O)(OCc1ccccc1C)OC[C@H]1O[C@@](C#N)(c2ccc3c(N)ncnn23)[C@H](OC(=O)C(C)C)[C@@H]1OC(=O)C(C)C. The lowest BCUT2D eigenvalue weighted by Gasteiger charge is -2.29. The van der Waals surface area contributed by atoms with E-state index in [4.69, 9.17) is 33.7 Å². The number of anilines is 1. The Bertz CT molecular complexity index is 1870. The number of nitriles is 1. The second-order valence-electron chi connectivity index (χ2n) is 13.9. The van der Waals surface area contributed by atoms with E-state index < -0.39 is 74.1 Å². The minimum absolute atomic E-state index is 0.0923. The van der Waals surface area contributed by atoms with Crippen molar-refractivity contribution in [2.45, 2.75) is 105 Å². The van der Waals surface area contributed by atoms with Crippen molar-refractivity contribution in [3.63, 3.8) is 0 Å². The third-order valence-electron chi connectivity index (χ3n) is 9.25. The maximum Gasteiger partial charge on any atom is 0.406 e. The van der Waals surface area contributed by atoms with Crippen molar-refractivity contribution >= 4 is 37.0 Å². The average molecular weight is 771 g/mol. The van der Waals surface area contributed by atoms with Crippen molar-refractivity contribution < 1.29 is 46.9 Å². The molecule has 1 aliphatic rings. The zero-order valence-electron chi connectivity index (χ0n) is 32.0. The Morgan fingerprint density at radius 3 is 2.31 bits per heavy atom. The zero-order chi connectivity index (χ0) is 39.8. The predicted octanol–water partition coefficient (Wildman–Crippen LogP) is 5.17. The average Bonchev–Trinajstić information content (AvgIpc) is 3.71. The summed E-state index contributed by atoms with van der Waals surface area (Å²) >= 11 is 0. The highest BCUT2D eigenvalue weighted by molar-refractivity contribution is 7.51. The number of nitrogen functional groups attached to an aromatic ring is 1. The zero-order valence-corrected chi connectivity index (χ0v) is 32.9. The van der Waals surface area contributed by atoms with Gasteiger partial charge in [0.2, 0.25) is 5.60 Å². The van der Waals surface area contributed by atoms with E-state index >= 15 is 0 Å². The monoisotopic (exact) mass is 770 g/mol. The van der Waals surface area contributed by atoms with E-state index in [1.165, 1.54) is 23.8 Å². The lowest BCUT2D eigenvalue weighted by atomic mass is 9.92. The van der Waals surface area contributed by atoms with Gasteiger partial charge >= 0.3 is 25.7 Å². The van der Waals surface area contributed by atoms with Gasteiger partial charge < -0.3 is 24.7 Å². The standard InChI is InChI=1S/C37H51N6O10P/c1-9-26(10-2)17-48-36(46)25(8)42-54(47,49-18-27-14-12-11-13-24(27)7)50-19-29-31(51-34(44)22(3)4)32(52-35(45)23(5)6)37(20-38,53-29)30-16-15-28-33(39)40-21-41-43(28)30/h11-16,21-23,25-26,29,31-32H,9-10,17-19H2,1-8H3,(H,42,47)(H2,39,40,41)/t25-,29+,31+,32+,37-,54?/m0/s1. The number of nitrogens with one attached hydrogen (secondary N) is 1. The van der Waals surface area contributed by atoms with Gasteiger partial charge in [-0.15, -0.1) is 0 Å². The quantitative estimate of drug-likeness (QED) is 0.0969. The Kier molecular flexibility index (Phi) is 14.3. The minimum atomic E-state index is -4.43. The number of carbonyl (C=O) groups excluding carboxylic acids is 3. The second kappa shape index (κ2) is 18.3. The van der Waals surface area contributed by atoms with E-state index in [2.05, 4.69) is 21.2 Å². The number of aromatic nitrogens is 3. The van der Waals surface area contributed by atoms with Crippen LogP contribution in [0.2, 0.25) is 0 Å². The first-order valence-electron chi connectivity index (χ1n) is 18.1. The predicted molar refractivity (Wildman–Crippen MR) is 196 cm³/mol. The highest BCUT2D eigenvalue weighted by atomic mass is 31.2. The molecule has 17 heteroatoms. The number of carbonyl (C=O) groups is 3. The summed E-state index contributed by atoms with van der Waals surface area (Å²) in [5.74, 6) is -3.09. The number of esters is 3. The molecule has 0 aliphatic carbocycles. The minimum Gasteiger partial charge on any atom is -0.464 e. The van der Waals surface area contributed by atoms with Crippen LogP contribution < -0.4 is 10.8 Å². The van der Waals surface area contributed by atoms with Crippen LogP contribution in [0.25, 0.3) is 5.52 Å². The van der Waals surface area contributed by atoms with E-state index in [1.54, 1.807) is 45.9 Å². The number of ether oxygens (including phenoxy) is 4. The summed E-state index contributed by atoms with van der Waals surface area (Å²) in [6, 6.07) is 11.4. The fourth-order valence-corrected chi connectivity index (χ4v) is 7.14. The molecule has 3 heterocycles. The van der Waals surface area contributed by atoms with Gasteiger partial charge in [0, 0.05) is 0 Å². The van der Waals surface area contributed by atoms with Gasteiger partial charge in [0.1, 0.15) is 30.1 Å². The highest BCUT2D eigenvalue weighted by Crippen LogP contribution is 2.49. The molecule has 3 aromatic rings. The molecule has 1 aliphatic heterocycles. The highest BCUT2D eigenvalue weighted by Gasteiger charge is 2.63. The van der Waals surface area contributed by atoms with E-state index in [-0.39, 0.29) is 30.6 Å². The molecule has 1 saturated heterocycles. The summed E-state index contributed by atoms with van der Waals surface area (Å²) in [6.45, 7) is 13.1. The Labute approximate surface area is 315 Å². The molecule has 0 radical (unpaired) electrons. The van der Waals surface area contributed by atoms with Crippen molar-refractivity contribution in [3.8, 4) is 6.07 Å². The van der Waals surface area contributed by atoms with Crippen molar-refractivity contribution in [2.24, 2.45) is 17.8 Å².